The van der Waals surface area contributed by atoms with Gasteiger partial charge in [0.05, 0.1) is 6.10 Å². The zero-order valence-corrected chi connectivity index (χ0v) is 17.0. The minimum atomic E-state index is -0.133. The highest BCUT2D eigenvalue weighted by atomic mass is 35.5. The van der Waals surface area contributed by atoms with E-state index in [0.29, 0.717) is 5.92 Å². The summed E-state index contributed by atoms with van der Waals surface area (Å²) in [5, 5.41) is 0.751. The van der Waals surface area contributed by atoms with E-state index in [2.05, 4.69) is 14.9 Å². The Morgan fingerprint density at radius 3 is 2.79 bits per heavy atom. The molecule has 0 radical (unpaired) electrons. The molecule has 2 aromatic rings. The van der Waals surface area contributed by atoms with Gasteiger partial charge in [-0.05, 0) is 38.0 Å². The first-order chi connectivity index (χ1) is 13.6. The van der Waals surface area contributed by atoms with Crippen LogP contribution < -0.4 is 4.74 Å². The molecule has 4 heterocycles. The molecule has 148 valence electrons. The maximum absolute atomic E-state index is 6.71. The van der Waals surface area contributed by atoms with Crippen LogP contribution in [0.25, 0.3) is 0 Å². The van der Waals surface area contributed by atoms with Gasteiger partial charge in [-0.2, -0.15) is 0 Å². The molecule has 3 aliphatic heterocycles. The van der Waals surface area contributed by atoms with Crippen LogP contribution in [0.3, 0.4) is 0 Å². The molecule has 6 heteroatoms. The second-order valence-electron chi connectivity index (χ2n) is 8.30. The first-order valence-electron chi connectivity index (χ1n) is 10.2. The second-order valence-corrected chi connectivity index (χ2v) is 8.74. The van der Waals surface area contributed by atoms with E-state index < -0.39 is 0 Å². The van der Waals surface area contributed by atoms with Crippen molar-refractivity contribution in [2.24, 2.45) is 5.92 Å². The summed E-state index contributed by atoms with van der Waals surface area (Å²) in [6, 6.07) is 5.96. The fourth-order valence-corrected chi connectivity index (χ4v) is 5.26. The van der Waals surface area contributed by atoms with Crippen molar-refractivity contribution in [2.75, 3.05) is 19.7 Å². The average Bonchev–Trinajstić information content (AvgIpc) is 2.72. The minimum absolute atomic E-state index is 0.105. The fourth-order valence-electron chi connectivity index (χ4n) is 5.08. The van der Waals surface area contributed by atoms with Crippen molar-refractivity contribution < 1.29 is 9.47 Å². The number of rotatable bonds is 2. The predicted octanol–water partition coefficient (Wildman–Crippen LogP) is 4.33. The number of nitrogens with zero attached hydrogens (tertiary/aromatic N) is 3. The molecule has 1 aromatic carbocycles. The van der Waals surface area contributed by atoms with Crippen LogP contribution in [-0.4, -0.2) is 40.2 Å². The second kappa shape index (κ2) is 7.29. The normalized spacial score (nSPS) is 26.4. The molecule has 5 nitrogen and oxygen atoms in total. The van der Waals surface area contributed by atoms with Gasteiger partial charge >= 0.3 is 0 Å². The molecule has 28 heavy (non-hydrogen) atoms. The van der Waals surface area contributed by atoms with Crippen molar-refractivity contribution in [2.45, 2.75) is 50.9 Å². The van der Waals surface area contributed by atoms with E-state index in [-0.39, 0.29) is 11.7 Å². The molecule has 1 spiro atoms. The van der Waals surface area contributed by atoms with Gasteiger partial charge in [-0.15, -0.1) is 0 Å². The average molecular weight is 400 g/mol. The summed E-state index contributed by atoms with van der Waals surface area (Å²) in [6.07, 6.45) is 8.28. The molecule has 2 fully saturated rings. The lowest BCUT2D eigenvalue weighted by atomic mass is 9.70. The summed E-state index contributed by atoms with van der Waals surface area (Å²) in [4.78, 5) is 11.1. The van der Waals surface area contributed by atoms with E-state index in [4.69, 9.17) is 21.1 Å². The van der Waals surface area contributed by atoms with Gasteiger partial charge in [0.15, 0.2) is 0 Å². The molecule has 0 amide bonds. The van der Waals surface area contributed by atoms with E-state index in [1.54, 1.807) is 0 Å². The van der Waals surface area contributed by atoms with Gasteiger partial charge in [0.1, 0.15) is 17.2 Å². The molecule has 2 saturated heterocycles. The first-order valence-corrected chi connectivity index (χ1v) is 10.6. The number of fused-ring (bicyclic) bond motifs is 4. The minimum Gasteiger partial charge on any atom is -0.486 e. The number of piperidine rings is 1. The first kappa shape index (κ1) is 18.3. The number of benzene rings is 1. The van der Waals surface area contributed by atoms with Gasteiger partial charge in [0.25, 0.3) is 0 Å². The van der Waals surface area contributed by atoms with Crippen LogP contribution in [0.2, 0.25) is 5.02 Å². The van der Waals surface area contributed by atoms with Gasteiger partial charge in [-0.3, -0.25) is 4.90 Å². The third-order valence-electron chi connectivity index (χ3n) is 6.53. The Morgan fingerprint density at radius 2 is 2.00 bits per heavy atom. The highest BCUT2D eigenvalue weighted by molar-refractivity contribution is 6.30. The highest BCUT2D eigenvalue weighted by Crippen LogP contribution is 2.53. The lowest BCUT2D eigenvalue weighted by Crippen LogP contribution is -2.57. The summed E-state index contributed by atoms with van der Waals surface area (Å²) in [6.45, 7) is 5.67. The van der Waals surface area contributed by atoms with Crippen molar-refractivity contribution in [1.29, 1.82) is 0 Å². The topological polar surface area (TPSA) is 47.5 Å². The Labute approximate surface area is 171 Å². The Morgan fingerprint density at radius 1 is 1.21 bits per heavy atom. The molecule has 5 rings (SSSR count). The number of hydrogen-bond donors (Lipinski definition) is 0. The number of aryl methyl sites for hydroxylation is 1. The molecule has 1 aromatic heterocycles. The number of halogens is 1. The van der Waals surface area contributed by atoms with E-state index in [0.717, 1.165) is 74.1 Å². The highest BCUT2D eigenvalue weighted by Gasteiger charge is 2.52. The third-order valence-corrected chi connectivity index (χ3v) is 6.77. The van der Waals surface area contributed by atoms with Crippen LogP contribution in [0.15, 0.2) is 30.6 Å². The summed E-state index contributed by atoms with van der Waals surface area (Å²) in [5.41, 5.74) is 2.17. The largest absolute Gasteiger partial charge is 0.486 e. The number of ether oxygens (including phenoxy) is 2. The van der Waals surface area contributed by atoms with Gasteiger partial charge in [0, 0.05) is 73.5 Å². The Balaban J connectivity index is 1.35. The van der Waals surface area contributed by atoms with Crippen LogP contribution in [0.4, 0.5) is 0 Å². The lowest BCUT2D eigenvalue weighted by molar-refractivity contribution is -0.150. The fraction of sp³-hybridized carbons (Fsp3) is 0.545. The van der Waals surface area contributed by atoms with Crippen molar-refractivity contribution in [1.82, 2.24) is 14.9 Å². The molecule has 0 saturated carbocycles. The summed E-state index contributed by atoms with van der Waals surface area (Å²) >= 11 is 6.26. The summed E-state index contributed by atoms with van der Waals surface area (Å²) in [5.74, 6) is 2.17. The van der Waals surface area contributed by atoms with Crippen molar-refractivity contribution in [3.05, 3.63) is 52.6 Å². The summed E-state index contributed by atoms with van der Waals surface area (Å²) in [7, 11) is 0. The monoisotopic (exact) mass is 399 g/mol. The molecule has 2 atom stereocenters. The molecule has 0 bridgehead atoms. The van der Waals surface area contributed by atoms with E-state index >= 15 is 0 Å². The molecule has 0 N–H and O–H groups in total. The molecule has 0 unspecified atom stereocenters. The van der Waals surface area contributed by atoms with Crippen molar-refractivity contribution in [3.63, 3.8) is 0 Å². The zero-order chi connectivity index (χ0) is 19.1. The summed E-state index contributed by atoms with van der Waals surface area (Å²) < 4.78 is 13.0. The number of likely N-dealkylation sites (tertiary alicyclic amines) is 1. The van der Waals surface area contributed by atoms with Crippen LogP contribution in [0, 0.1) is 12.8 Å². The smallest absolute Gasteiger partial charge is 0.126 e. The number of aromatic nitrogens is 2. The molecular formula is C22H26ClN3O2. The van der Waals surface area contributed by atoms with Crippen LogP contribution in [0.1, 0.15) is 48.7 Å². The van der Waals surface area contributed by atoms with Gasteiger partial charge in [0.2, 0.25) is 0 Å². The van der Waals surface area contributed by atoms with Gasteiger partial charge in [-0.1, -0.05) is 11.6 Å². The van der Waals surface area contributed by atoms with Crippen LogP contribution in [-0.2, 0) is 11.3 Å². The maximum atomic E-state index is 6.71. The Bertz CT molecular complexity index is 849. The van der Waals surface area contributed by atoms with Gasteiger partial charge < -0.3 is 9.47 Å². The van der Waals surface area contributed by atoms with Crippen LogP contribution in [0.5, 0.6) is 5.75 Å². The predicted molar refractivity (Wildman–Crippen MR) is 108 cm³/mol. The van der Waals surface area contributed by atoms with E-state index in [9.17, 15) is 0 Å². The SMILES string of the molecule is Cc1ncc(CN2CCC3(CC2)Oc2ccc(Cl)cc2[C@H]2OCCC[C@@H]23)cn1. The molecule has 0 aliphatic carbocycles. The Kier molecular flexibility index (Phi) is 4.77. The third kappa shape index (κ3) is 3.30. The van der Waals surface area contributed by atoms with Gasteiger partial charge in [-0.25, -0.2) is 9.97 Å². The molecule has 3 aliphatic rings. The van der Waals surface area contributed by atoms with Crippen LogP contribution >= 0.6 is 11.6 Å². The molecular weight excluding hydrogens is 374 g/mol. The zero-order valence-electron chi connectivity index (χ0n) is 16.2. The Hall–Kier alpha value is -1.69. The lowest BCUT2D eigenvalue weighted by Gasteiger charge is -2.53. The number of hydrogen-bond acceptors (Lipinski definition) is 5. The standard InChI is InChI=1S/C22H26ClN3O2/c1-15-24-12-16(13-25-15)14-26-8-6-22(7-9-26)19-3-2-10-27-21(19)18-11-17(23)4-5-20(18)28-22/h4-5,11-13,19,21H,2-3,6-10,14H2,1H3/t19-,21+/m0/s1. The van der Waals surface area contributed by atoms with Crippen molar-refractivity contribution >= 4 is 11.6 Å². The van der Waals surface area contributed by atoms with E-state index in [1.165, 1.54) is 5.56 Å². The van der Waals surface area contributed by atoms with Crippen molar-refractivity contribution in [3.8, 4) is 5.75 Å². The maximum Gasteiger partial charge on any atom is 0.126 e. The van der Waals surface area contributed by atoms with E-state index in [1.807, 2.05) is 37.5 Å². The quantitative estimate of drug-likeness (QED) is 0.752.